The number of halogens is 2. The van der Waals surface area contributed by atoms with E-state index in [-0.39, 0.29) is 34.3 Å². The first-order chi connectivity index (χ1) is 14.9. The Labute approximate surface area is 182 Å². The van der Waals surface area contributed by atoms with E-state index < -0.39 is 17.2 Å². The second-order valence-corrected chi connectivity index (χ2v) is 7.75. The lowest BCUT2D eigenvalue weighted by Gasteiger charge is -2.26. The molecule has 0 saturated carbocycles. The van der Waals surface area contributed by atoms with E-state index in [1.54, 1.807) is 16.7 Å². The Kier molecular flexibility index (Phi) is 5.93. The standard InChI is InChI=1S/C22H20ClFN2O5/c1-30-21-13(9-12-3-2-4-17(23)18(12)24)10-15-19(27)16(22(28)29)11-26(20(15)25-21)14-5-7-31-8-6-14/h2-4,10-11,14H,5-9H2,1H3,(H,28,29). The highest BCUT2D eigenvalue weighted by Crippen LogP contribution is 2.29. The van der Waals surface area contributed by atoms with Gasteiger partial charge in [-0.3, -0.25) is 4.79 Å². The first-order valence-corrected chi connectivity index (χ1v) is 10.1. The van der Waals surface area contributed by atoms with Crippen LogP contribution in [-0.2, 0) is 11.2 Å². The van der Waals surface area contributed by atoms with Crippen molar-refractivity contribution in [2.24, 2.45) is 0 Å². The molecule has 1 aliphatic rings. The lowest BCUT2D eigenvalue weighted by molar-refractivity contribution is 0.0680. The quantitative estimate of drug-likeness (QED) is 0.640. The van der Waals surface area contributed by atoms with Crippen LogP contribution >= 0.6 is 11.6 Å². The van der Waals surface area contributed by atoms with Crippen molar-refractivity contribution >= 4 is 28.6 Å². The molecular weight excluding hydrogens is 427 g/mol. The number of benzene rings is 1. The van der Waals surface area contributed by atoms with Crippen molar-refractivity contribution < 1.29 is 23.8 Å². The molecule has 1 fully saturated rings. The van der Waals surface area contributed by atoms with Gasteiger partial charge in [0.05, 0.1) is 17.5 Å². The highest BCUT2D eigenvalue weighted by molar-refractivity contribution is 6.30. The summed E-state index contributed by atoms with van der Waals surface area (Å²) < 4.78 is 27.0. The fourth-order valence-corrected chi connectivity index (χ4v) is 4.08. The van der Waals surface area contributed by atoms with E-state index in [9.17, 15) is 19.1 Å². The highest BCUT2D eigenvalue weighted by atomic mass is 35.5. The second kappa shape index (κ2) is 8.64. The molecule has 3 aromatic rings. The summed E-state index contributed by atoms with van der Waals surface area (Å²) in [7, 11) is 1.44. The number of carbonyl (C=O) groups is 1. The SMILES string of the molecule is COc1nc2c(cc1Cc1cccc(Cl)c1F)c(=O)c(C(=O)O)cn2C1CCOCC1. The molecule has 1 saturated heterocycles. The lowest BCUT2D eigenvalue weighted by atomic mass is 10.0. The van der Waals surface area contributed by atoms with Crippen LogP contribution in [0.5, 0.6) is 5.88 Å². The maximum atomic E-state index is 14.4. The van der Waals surface area contributed by atoms with Crippen LogP contribution in [0.3, 0.4) is 0 Å². The van der Waals surface area contributed by atoms with Crippen LogP contribution in [0.2, 0.25) is 5.02 Å². The normalized spacial score (nSPS) is 14.7. The maximum Gasteiger partial charge on any atom is 0.341 e. The summed E-state index contributed by atoms with van der Waals surface area (Å²) in [4.78, 5) is 29.2. The molecule has 0 atom stereocenters. The predicted octanol–water partition coefficient (Wildman–Crippen LogP) is 3.84. The molecule has 3 heterocycles. The van der Waals surface area contributed by atoms with Gasteiger partial charge in [-0.2, -0.15) is 4.98 Å². The van der Waals surface area contributed by atoms with Crippen molar-refractivity contribution in [3.8, 4) is 5.88 Å². The first kappa shape index (κ1) is 21.3. The van der Waals surface area contributed by atoms with Gasteiger partial charge in [0, 0.05) is 37.4 Å². The van der Waals surface area contributed by atoms with Gasteiger partial charge in [0.25, 0.3) is 0 Å². The maximum absolute atomic E-state index is 14.4. The fraction of sp³-hybridized carbons (Fsp3) is 0.318. The van der Waals surface area contributed by atoms with Gasteiger partial charge in [0.2, 0.25) is 11.3 Å². The number of pyridine rings is 2. The average molecular weight is 447 g/mol. The van der Waals surface area contributed by atoms with Crippen molar-refractivity contribution in [2.45, 2.75) is 25.3 Å². The van der Waals surface area contributed by atoms with Crippen molar-refractivity contribution in [2.75, 3.05) is 20.3 Å². The van der Waals surface area contributed by atoms with Crippen LogP contribution in [0.1, 0.15) is 40.4 Å². The molecule has 1 aromatic carbocycles. The number of nitrogens with zero attached hydrogens (tertiary/aromatic N) is 2. The van der Waals surface area contributed by atoms with Gasteiger partial charge in [-0.1, -0.05) is 23.7 Å². The Morgan fingerprint density at radius 1 is 1.35 bits per heavy atom. The summed E-state index contributed by atoms with van der Waals surface area (Å²) in [6.07, 6.45) is 2.74. The largest absolute Gasteiger partial charge is 0.481 e. The zero-order chi connectivity index (χ0) is 22.1. The van der Waals surface area contributed by atoms with E-state index in [1.165, 1.54) is 25.4 Å². The average Bonchev–Trinajstić information content (AvgIpc) is 2.77. The Hall–Kier alpha value is -2.97. The summed E-state index contributed by atoms with van der Waals surface area (Å²) in [5.41, 5.74) is 0.106. The number of carboxylic acid groups (broad SMARTS) is 1. The van der Waals surface area contributed by atoms with Crippen LogP contribution in [0.15, 0.2) is 35.3 Å². The minimum Gasteiger partial charge on any atom is -0.481 e. The number of aromatic nitrogens is 2. The van der Waals surface area contributed by atoms with Crippen LogP contribution in [0.4, 0.5) is 4.39 Å². The molecule has 31 heavy (non-hydrogen) atoms. The molecule has 2 aromatic heterocycles. The van der Waals surface area contributed by atoms with E-state index >= 15 is 0 Å². The Balaban J connectivity index is 1.93. The van der Waals surface area contributed by atoms with Crippen LogP contribution in [0.25, 0.3) is 11.0 Å². The fourth-order valence-electron chi connectivity index (χ4n) is 3.88. The molecule has 0 aliphatic carbocycles. The number of rotatable bonds is 5. The minimum atomic E-state index is -1.31. The summed E-state index contributed by atoms with van der Waals surface area (Å²) in [6.45, 7) is 1.06. The molecule has 0 radical (unpaired) electrons. The van der Waals surface area contributed by atoms with Crippen LogP contribution in [0, 0.1) is 5.82 Å². The minimum absolute atomic E-state index is 0.0137. The van der Waals surface area contributed by atoms with Crippen molar-refractivity contribution in [3.05, 3.63) is 68.2 Å². The summed E-state index contributed by atoms with van der Waals surface area (Å²) in [5, 5.41) is 9.70. The monoisotopic (exact) mass is 446 g/mol. The Morgan fingerprint density at radius 3 is 2.77 bits per heavy atom. The van der Waals surface area contributed by atoms with Gasteiger partial charge in [-0.05, 0) is 30.5 Å². The molecule has 1 N–H and O–H groups in total. The third-order valence-electron chi connectivity index (χ3n) is 5.46. The number of fused-ring (bicyclic) bond motifs is 1. The molecule has 0 amide bonds. The topological polar surface area (TPSA) is 90.6 Å². The number of methoxy groups -OCH3 is 1. The van der Waals surface area contributed by atoms with E-state index in [0.717, 1.165) is 0 Å². The third kappa shape index (κ3) is 4.00. The number of hydrogen-bond acceptors (Lipinski definition) is 5. The smallest absolute Gasteiger partial charge is 0.341 e. The summed E-state index contributed by atoms with van der Waals surface area (Å²) in [5.74, 6) is -1.65. The van der Waals surface area contributed by atoms with Gasteiger partial charge < -0.3 is 19.1 Å². The second-order valence-electron chi connectivity index (χ2n) is 7.35. The highest BCUT2D eigenvalue weighted by Gasteiger charge is 2.24. The number of ether oxygens (including phenoxy) is 2. The van der Waals surface area contributed by atoms with E-state index in [0.29, 0.717) is 42.8 Å². The zero-order valence-corrected chi connectivity index (χ0v) is 17.5. The number of aromatic carboxylic acids is 1. The Bertz CT molecular complexity index is 1220. The molecule has 1 aliphatic heterocycles. The predicted molar refractivity (Wildman–Crippen MR) is 113 cm³/mol. The molecule has 9 heteroatoms. The van der Waals surface area contributed by atoms with E-state index in [2.05, 4.69) is 4.98 Å². The molecule has 162 valence electrons. The van der Waals surface area contributed by atoms with Gasteiger partial charge in [-0.15, -0.1) is 0 Å². The Morgan fingerprint density at radius 2 is 2.10 bits per heavy atom. The van der Waals surface area contributed by atoms with Gasteiger partial charge in [0.1, 0.15) is 17.0 Å². The third-order valence-corrected chi connectivity index (χ3v) is 5.76. The first-order valence-electron chi connectivity index (χ1n) is 9.77. The van der Waals surface area contributed by atoms with Crippen molar-refractivity contribution in [1.29, 1.82) is 0 Å². The van der Waals surface area contributed by atoms with Crippen molar-refractivity contribution in [1.82, 2.24) is 9.55 Å². The summed E-state index contributed by atoms with van der Waals surface area (Å²) >= 11 is 5.89. The molecule has 0 bridgehead atoms. The van der Waals surface area contributed by atoms with Crippen LogP contribution < -0.4 is 10.2 Å². The van der Waals surface area contributed by atoms with Crippen molar-refractivity contribution in [3.63, 3.8) is 0 Å². The molecule has 4 rings (SSSR count). The molecular formula is C22H20ClFN2O5. The summed E-state index contributed by atoms with van der Waals surface area (Å²) in [6, 6.07) is 6.12. The number of carboxylic acids is 1. The number of hydrogen-bond donors (Lipinski definition) is 1. The van der Waals surface area contributed by atoms with Gasteiger partial charge >= 0.3 is 5.97 Å². The lowest BCUT2D eigenvalue weighted by Crippen LogP contribution is -2.25. The van der Waals surface area contributed by atoms with E-state index in [4.69, 9.17) is 21.1 Å². The molecule has 0 spiro atoms. The van der Waals surface area contributed by atoms with E-state index in [1.807, 2.05) is 0 Å². The van der Waals surface area contributed by atoms with Gasteiger partial charge in [-0.25, -0.2) is 9.18 Å². The molecule has 0 unspecified atom stereocenters. The molecule has 7 nitrogen and oxygen atoms in total. The van der Waals surface area contributed by atoms with Crippen LogP contribution in [-0.4, -0.2) is 41.0 Å². The van der Waals surface area contributed by atoms with Gasteiger partial charge in [0.15, 0.2) is 0 Å². The zero-order valence-electron chi connectivity index (χ0n) is 16.7.